The lowest BCUT2D eigenvalue weighted by molar-refractivity contribution is 0.420. The van der Waals surface area contributed by atoms with Crippen molar-refractivity contribution in [3.63, 3.8) is 0 Å². The third kappa shape index (κ3) is 3.14. The van der Waals surface area contributed by atoms with E-state index in [9.17, 15) is 0 Å². The molecule has 0 aliphatic heterocycles. The number of thiol groups is 2. The third-order valence-electron chi connectivity index (χ3n) is 1.74. The SMILES string of the molecule is NCC(CS)C(CN)CS. The fourth-order valence-electron chi connectivity index (χ4n) is 0.832. The van der Waals surface area contributed by atoms with Crippen LogP contribution in [0.5, 0.6) is 0 Å². The molecule has 0 bridgehead atoms. The van der Waals surface area contributed by atoms with Gasteiger partial charge in [-0.1, -0.05) is 0 Å². The van der Waals surface area contributed by atoms with Gasteiger partial charge in [0.05, 0.1) is 0 Å². The van der Waals surface area contributed by atoms with E-state index in [0.717, 1.165) is 11.5 Å². The van der Waals surface area contributed by atoms with E-state index >= 15 is 0 Å². The average Bonchev–Trinajstić information content (AvgIpc) is 2.00. The van der Waals surface area contributed by atoms with Crippen LogP contribution in [0.15, 0.2) is 0 Å². The Bertz CT molecular complexity index is 62.1. The molecule has 2 atom stereocenters. The zero-order chi connectivity index (χ0) is 7.98. The molecule has 0 heterocycles. The number of hydrogen-bond donors (Lipinski definition) is 4. The summed E-state index contributed by atoms with van der Waals surface area (Å²) in [6, 6.07) is 0. The molecule has 0 spiro atoms. The molecule has 0 radical (unpaired) electrons. The molecule has 2 nitrogen and oxygen atoms in total. The summed E-state index contributed by atoms with van der Waals surface area (Å²) in [4.78, 5) is 0. The van der Waals surface area contributed by atoms with Gasteiger partial charge in [0.2, 0.25) is 0 Å². The zero-order valence-electron chi connectivity index (χ0n) is 6.03. The van der Waals surface area contributed by atoms with E-state index in [-0.39, 0.29) is 0 Å². The highest BCUT2D eigenvalue weighted by Gasteiger charge is 2.15. The summed E-state index contributed by atoms with van der Waals surface area (Å²) in [6.07, 6.45) is 0. The smallest absolute Gasteiger partial charge is 0.00376 e. The van der Waals surface area contributed by atoms with Gasteiger partial charge in [0, 0.05) is 0 Å². The van der Waals surface area contributed by atoms with E-state index in [1.54, 1.807) is 0 Å². The molecule has 2 unspecified atom stereocenters. The van der Waals surface area contributed by atoms with Gasteiger partial charge < -0.3 is 11.5 Å². The van der Waals surface area contributed by atoms with E-state index in [4.69, 9.17) is 11.5 Å². The average molecular weight is 180 g/mol. The Hall–Kier alpha value is 0.620. The second kappa shape index (κ2) is 6.34. The predicted molar refractivity (Wildman–Crippen MR) is 52.8 cm³/mol. The molecule has 0 aromatic carbocycles. The van der Waals surface area contributed by atoms with Crippen molar-refractivity contribution in [2.24, 2.45) is 23.3 Å². The van der Waals surface area contributed by atoms with Gasteiger partial charge in [-0.15, -0.1) is 0 Å². The lowest BCUT2D eigenvalue weighted by Gasteiger charge is -2.20. The molecule has 10 heavy (non-hydrogen) atoms. The topological polar surface area (TPSA) is 52.0 Å². The van der Waals surface area contributed by atoms with E-state index in [1.165, 1.54) is 0 Å². The Labute approximate surface area is 73.6 Å². The normalized spacial score (nSPS) is 16.8. The van der Waals surface area contributed by atoms with Crippen LogP contribution in [0.3, 0.4) is 0 Å². The quantitative estimate of drug-likeness (QED) is 0.450. The Morgan fingerprint density at radius 1 is 0.900 bits per heavy atom. The van der Waals surface area contributed by atoms with Gasteiger partial charge in [-0.05, 0) is 36.4 Å². The summed E-state index contributed by atoms with van der Waals surface area (Å²) in [5, 5.41) is 0. The largest absolute Gasteiger partial charge is 0.330 e. The van der Waals surface area contributed by atoms with E-state index in [0.29, 0.717) is 24.9 Å². The molecule has 0 amide bonds. The first-order valence-corrected chi connectivity index (χ1v) is 4.68. The summed E-state index contributed by atoms with van der Waals surface area (Å²) < 4.78 is 0. The second-order valence-electron chi connectivity index (χ2n) is 2.36. The highest BCUT2D eigenvalue weighted by molar-refractivity contribution is 7.80. The molecular formula is C6H16N2S2. The molecule has 62 valence electrons. The first kappa shape index (κ1) is 10.6. The maximum atomic E-state index is 5.50. The van der Waals surface area contributed by atoms with Gasteiger partial charge in [0.25, 0.3) is 0 Å². The van der Waals surface area contributed by atoms with E-state index in [2.05, 4.69) is 25.3 Å². The van der Waals surface area contributed by atoms with Crippen molar-refractivity contribution in [2.75, 3.05) is 24.6 Å². The van der Waals surface area contributed by atoms with Gasteiger partial charge in [-0.3, -0.25) is 0 Å². The van der Waals surface area contributed by atoms with E-state index in [1.807, 2.05) is 0 Å². The molecule has 4 heteroatoms. The van der Waals surface area contributed by atoms with Crippen molar-refractivity contribution in [1.82, 2.24) is 0 Å². The molecule has 0 aliphatic rings. The van der Waals surface area contributed by atoms with Crippen molar-refractivity contribution in [1.29, 1.82) is 0 Å². The van der Waals surface area contributed by atoms with Gasteiger partial charge in [-0.2, -0.15) is 25.3 Å². The monoisotopic (exact) mass is 180 g/mol. The maximum Gasteiger partial charge on any atom is -0.00376 e. The number of nitrogens with two attached hydrogens (primary N) is 2. The van der Waals surface area contributed by atoms with Crippen LogP contribution in [-0.4, -0.2) is 24.6 Å². The fourth-order valence-corrected chi connectivity index (χ4v) is 1.73. The summed E-state index contributed by atoms with van der Waals surface area (Å²) >= 11 is 8.35. The van der Waals surface area contributed by atoms with Gasteiger partial charge >= 0.3 is 0 Å². The van der Waals surface area contributed by atoms with E-state index < -0.39 is 0 Å². The zero-order valence-corrected chi connectivity index (χ0v) is 7.82. The van der Waals surface area contributed by atoms with Crippen molar-refractivity contribution < 1.29 is 0 Å². The standard InChI is InChI=1S/C6H16N2S2/c7-1-5(3-9)6(2-8)4-10/h5-6,9-10H,1-4,7-8H2. The van der Waals surface area contributed by atoms with Crippen LogP contribution < -0.4 is 11.5 Å². The molecular weight excluding hydrogens is 164 g/mol. The van der Waals surface area contributed by atoms with Crippen molar-refractivity contribution in [3.05, 3.63) is 0 Å². The minimum atomic E-state index is 0.422. The predicted octanol–water partition coefficient (Wildman–Crippen LogP) is -0.00420. The summed E-state index contributed by atoms with van der Waals surface area (Å²) in [5.41, 5.74) is 11.0. The van der Waals surface area contributed by atoms with Crippen LogP contribution in [0.2, 0.25) is 0 Å². The molecule has 0 aliphatic carbocycles. The van der Waals surface area contributed by atoms with Crippen molar-refractivity contribution in [2.45, 2.75) is 0 Å². The second-order valence-corrected chi connectivity index (χ2v) is 3.09. The Morgan fingerprint density at radius 2 is 1.20 bits per heavy atom. The molecule has 0 rings (SSSR count). The van der Waals surface area contributed by atoms with Crippen LogP contribution in [-0.2, 0) is 0 Å². The van der Waals surface area contributed by atoms with Crippen LogP contribution in [0, 0.1) is 11.8 Å². The first-order chi connectivity index (χ1) is 4.79. The molecule has 0 aromatic rings. The van der Waals surface area contributed by atoms with Crippen LogP contribution >= 0.6 is 25.3 Å². The van der Waals surface area contributed by atoms with Gasteiger partial charge in [-0.25, -0.2) is 0 Å². The Balaban J connectivity index is 3.70. The van der Waals surface area contributed by atoms with Crippen molar-refractivity contribution in [3.8, 4) is 0 Å². The summed E-state index contributed by atoms with van der Waals surface area (Å²) in [6.45, 7) is 1.32. The third-order valence-corrected chi connectivity index (χ3v) is 2.68. The molecule has 0 fully saturated rings. The first-order valence-electron chi connectivity index (χ1n) is 3.42. The Morgan fingerprint density at radius 3 is 1.30 bits per heavy atom. The Kier molecular flexibility index (Phi) is 6.73. The minimum Gasteiger partial charge on any atom is -0.330 e. The summed E-state index contributed by atoms with van der Waals surface area (Å²) in [5.74, 6) is 2.45. The molecule has 0 aromatic heterocycles. The minimum absolute atomic E-state index is 0.422. The highest BCUT2D eigenvalue weighted by Crippen LogP contribution is 2.12. The summed E-state index contributed by atoms with van der Waals surface area (Å²) in [7, 11) is 0. The maximum absolute atomic E-state index is 5.50. The fraction of sp³-hybridized carbons (Fsp3) is 1.00. The van der Waals surface area contributed by atoms with Crippen LogP contribution in [0.25, 0.3) is 0 Å². The lowest BCUT2D eigenvalue weighted by atomic mass is 9.96. The van der Waals surface area contributed by atoms with Crippen LogP contribution in [0.4, 0.5) is 0 Å². The van der Waals surface area contributed by atoms with Crippen molar-refractivity contribution >= 4 is 25.3 Å². The molecule has 0 saturated heterocycles. The number of hydrogen-bond acceptors (Lipinski definition) is 4. The lowest BCUT2D eigenvalue weighted by Crippen LogP contribution is -2.31. The van der Waals surface area contributed by atoms with Crippen LogP contribution in [0.1, 0.15) is 0 Å². The van der Waals surface area contributed by atoms with Gasteiger partial charge in [0.1, 0.15) is 0 Å². The van der Waals surface area contributed by atoms with Gasteiger partial charge in [0.15, 0.2) is 0 Å². The number of rotatable bonds is 5. The highest BCUT2D eigenvalue weighted by atomic mass is 32.1. The molecule has 4 N–H and O–H groups in total. The molecule has 0 saturated carbocycles.